The molecular formula is C108H126Cl2N26O13. The van der Waals surface area contributed by atoms with Crippen LogP contribution in [0.3, 0.4) is 0 Å². The molecule has 0 radical (unpaired) electrons. The highest BCUT2D eigenvalue weighted by molar-refractivity contribution is 6.29. The van der Waals surface area contributed by atoms with Gasteiger partial charge in [-0.1, -0.05) is 23.2 Å². The van der Waals surface area contributed by atoms with E-state index < -0.39 is 0 Å². The van der Waals surface area contributed by atoms with Crippen molar-refractivity contribution in [1.29, 1.82) is 0 Å². The van der Waals surface area contributed by atoms with Gasteiger partial charge in [0.15, 0.2) is 10.9 Å². The number of benzene rings is 5. The molecule has 0 amide bonds. The minimum atomic E-state index is -0.364. The van der Waals surface area contributed by atoms with E-state index >= 15 is 0 Å². The van der Waals surface area contributed by atoms with Gasteiger partial charge >= 0.3 is 6.01 Å². The zero-order valence-electron chi connectivity index (χ0n) is 83.6. The maximum Gasteiger partial charge on any atom is 0.316 e. The van der Waals surface area contributed by atoms with E-state index in [9.17, 15) is 0 Å². The molecule has 25 rings (SSSR count). The van der Waals surface area contributed by atoms with Gasteiger partial charge in [-0.3, -0.25) is 24.9 Å². The minimum absolute atomic E-state index is 0.128. The van der Waals surface area contributed by atoms with Gasteiger partial charge in [-0.05, 0) is 170 Å². The van der Waals surface area contributed by atoms with Crippen LogP contribution in [0.2, 0.25) is 10.3 Å². The van der Waals surface area contributed by atoms with Gasteiger partial charge in [0, 0.05) is 248 Å². The molecule has 0 atom stereocenters. The van der Waals surface area contributed by atoms with Crippen molar-refractivity contribution >= 4 is 124 Å². The van der Waals surface area contributed by atoms with E-state index in [0.717, 1.165) is 384 Å². The quantitative estimate of drug-likeness (QED) is 0.0501. The Morgan fingerprint density at radius 1 is 0.262 bits per heavy atom. The van der Waals surface area contributed by atoms with Gasteiger partial charge in [-0.2, -0.15) is 0 Å². The first-order chi connectivity index (χ1) is 73.5. The average molecular weight is 2070 g/mol. The van der Waals surface area contributed by atoms with Crippen LogP contribution in [0.25, 0.3) is 55.2 Å². The van der Waals surface area contributed by atoms with E-state index in [0.29, 0.717) is 53.6 Å². The van der Waals surface area contributed by atoms with Crippen LogP contribution in [-0.2, 0) is 33.2 Å². The number of morpholine rings is 5. The zero-order valence-corrected chi connectivity index (χ0v) is 85.1. The van der Waals surface area contributed by atoms with E-state index in [2.05, 4.69) is 191 Å². The fourth-order valence-corrected chi connectivity index (χ4v) is 21.2. The summed E-state index contributed by atoms with van der Waals surface area (Å²) in [6, 6.07) is 31.5. The number of hydrogen-bond acceptors (Lipinski definition) is 39. The van der Waals surface area contributed by atoms with Gasteiger partial charge < -0.3 is 102 Å². The molecule has 41 heteroatoms. The topological polar surface area (TPSA) is 404 Å². The molecule has 6 aliphatic heterocycles. The van der Waals surface area contributed by atoms with E-state index in [-0.39, 0.29) is 42.4 Å². The largest absolute Gasteiger partial charge is 0.488 e. The van der Waals surface area contributed by atoms with E-state index in [1.807, 2.05) is 12.1 Å². The fraction of sp³-hybridized carbons (Fsp3) is 0.481. The van der Waals surface area contributed by atoms with Crippen molar-refractivity contribution in [1.82, 2.24) is 89.9 Å². The molecule has 14 aromatic rings. The summed E-state index contributed by atoms with van der Waals surface area (Å²) in [4.78, 5) is 81.9. The van der Waals surface area contributed by atoms with Crippen LogP contribution in [0.5, 0.6) is 34.8 Å². The van der Waals surface area contributed by atoms with E-state index in [1.165, 1.54) is 6.33 Å². The lowest BCUT2D eigenvalue weighted by molar-refractivity contribution is -0.185. The molecule has 9 aromatic heterocycles. The normalized spacial score (nSPS) is 22.1. The Bertz CT molecular complexity index is 6470. The Balaban J connectivity index is 0.000000109. The standard InChI is InChI=1S/2C22H25ClN6O2.C22H26N6O2.C22H25N5O3.C20H25N3O4/c23-20-13-21(27-14-26-20)28-15-1-3-17(4-2-15)31-19-12-16(29-7-9-30-10-8-29)11-18-22(19)25-6-5-24-18;23-20-5-6-21(28-27-20)26-15-1-3-17(4-2-15)31-19-14-16(29-9-11-30-12-10-29)13-18-22(19)25-8-7-24-18;1-6-25-22(26-7-1)27-16-2-4-18(5-3-16)30-20-15-17(28-10-12-29-13-11-28)14-19-21(20)24-9-8-23-19;1-6-25-22(26-7-1)30-18-4-2-17(3-5-18)29-20-15-16(27-10-12-28-13-11-27)14-19-21(20)24-9-8-23-19;1-3-20(25-11-12-26-20)4-2-16(1)27-18-14-15(23-7-9-24-10-8-23)13-17-19(18)22-6-5-21-17/h5-6,11-15,17H,1-4,7-10H2,(H,26,27,28);5-8,13-15,17H,1-4,9-12H2,(H,26,28);1,6-9,14-16,18H,2-5,10-13H2,(H,25,26,27);1,6-9,14-15,17-18H,2-5,10-13H2;5-6,13-14,16H,1-4,7-12H2. The molecule has 5 aromatic carbocycles. The van der Waals surface area contributed by atoms with E-state index in [1.54, 1.807) is 105 Å². The Kier molecular flexibility index (Phi) is 34.3. The summed E-state index contributed by atoms with van der Waals surface area (Å²) in [5.74, 6) is 5.92. The van der Waals surface area contributed by atoms with Gasteiger partial charge in [-0.25, -0.2) is 54.8 Å². The van der Waals surface area contributed by atoms with Crippen molar-refractivity contribution in [2.24, 2.45) is 0 Å². The first-order valence-electron chi connectivity index (χ1n) is 52.5. The van der Waals surface area contributed by atoms with Crippen molar-refractivity contribution in [3.63, 3.8) is 0 Å². The second-order valence-corrected chi connectivity index (χ2v) is 39.4. The Labute approximate surface area is 874 Å². The lowest BCUT2D eigenvalue weighted by atomic mass is 9.92. The number of fused-ring (bicyclic) bond motifs is 5. The smallest absolute Gasteiger partial charge is 0.316 e. The predicted molar refractivity (Wildman–Crippen MR) is 567 cm³/mol. The number of nitrogens with one attached hydrogen (secondary N) is 3. The van der Waals surface area contributed by atoms with Crippen molar-refractivity contribution in [2.45, 2.75) is 189 Å². The number of hydrogen-bond donors (Lipinski definition) is 3. The first-order valence-corrected chi connectivity index (χ1v) is 53.2. The second kappa shape index (κ2) is 50.3. The molecular weight excluding hydrogens is 1940 g/mol. The molecule has 780 valence electrons. The van der Waals surface area contributed by atoms with Crippen LogP contribution in [0.4, 0.5) is 46.0 Å². The van der Waals surface area contributed by atoms with Crippen LogP contribution >= 0.6 is 23.2 Å². The van der Waals surface area contributed by atoms with Crippen LogP contribution in [-0.4, -0.2) is 295 Å². The fourth-order valence-electron chi connectivity index (χ4n) is 21.0. The summed E-state index contributed by atoms with van der Waals surface area (Å²) in [6.07, 6.45) is 45.6. The summed E-state index contributed by atoms with van der Waals surface area (Å²) in [5.41, 5.74) is 14.0. The van der Waals surface area contributed by atoms with Crippen molar-refractivity contribution in [2.75, 3.05) is 185 Å². The lowest BCUT2D eigenvalue weighted by Gasteiger charge is -2.35. The third-order valence-corrected chi connectivity index (χ3v) is 29.2. The van der Waals surface area contributed by atoms with Crippen molar-refractivity contribution in [3.8, 4) is 34.8 Å². The maximum atomic E-state index is 6.48. The first kappa shape index (κ1) is 101. The average Bonchev–Trinajstić information content (AvgIpc) is 1.52. The van der Waals surface area contributed by atoms with Crippen LogP contribution in [0, 0.1) is 0 Å². The Morgan fingerprint density at radius 2 is 0.557 bits per heavy atom. The van der Waals surface area contributed by atoms with Gasteiger partial charge in [0.1, 0.15) is 85.6 Å². The Morgan fingerprint density at radius 3 is 0.879 bits per heavy atom. The van der Waals surface area contributed by atoms with Crippen molar-refractivity contribution in [3.05, 3.63) is 194 Å². The number of nitrogens with zero attached hydrogens (tertiary/aromatic N) is 23. The number of halogens is 2. The third kappa shape index (κ3) is 27.3. The Hall–Kier alpha value is -13.4. The van der Waals surface area contributed by atoms with Gasteiger partial charge in [-0.15, -0.1) is 10.2 Å². The monoisotopic (exact) mass is 2060 g/mol. The molecule has 15 heterocycles. The number of ether oxygens (including phenoxy) is 13. The lowest BCUT2D eigenvalue weighted by Crippen LogP contribution is -2.38. The second-order valence-electron chi connectivity index (χ2n) is 38.7. The van der Waals surface area contributed by atoms with Crippen molar-refractivity contribution < 1.29 is 61.6 Å². The molecule has 0 bridgehead atoms. The highest BCUT2D eigenvalue weighted by Crippen LogP contribution is 2.43. The number of rotatable bonds is 23. The molecule has 6 saturated heterocycles. The van der Waals surface area contributed by atoms with Gasteiger partial charge in [0.2, 0.25) is 5.95 Å². The highest BCUT2D eigenvalue weighted by atomic mass is 35.5. The molecule has 5 aliphatic carbocycles. The third-order valence-electron chi connectivity index (χ3n) is 28.8. The number of aromatic nitrogens is 18. The molecule has 3 N–H and O–H groups in total. The van der Waals surface area contributed by atoms with Gasteiger partial charge in [0.25, 0.3) is 0 Å². The number of anilines is 8. The van der Waals surface area contributed by atoms with Crippen LogP contribution in [0.15, 0.2) is 184 Å². The van der Waals surface area contributed by atoms with Crippen LogP contribution in [0.1, 0.15) is 128 Å². The minimum Gasteiger partial charge on any atom is -0.488 e. The molecule has 11 aliphatic rings. The summed E-state index contributed by atoms with van der Waals surface area (Å²) in [5, 5.41) is 19.2. The summed E-state index contributed by atoms with van der Waals surface area (Å²) < 4.78 is 77.4. The molecule has 39 nitrogen and oxygen atoms in total. The molecule has 5 saturated carbocycles. The summed E-state index contributed by atoms with van der Waals surface area (Å²) in [7, 11) is 0. The van der Waals surface area contributed by atoms with Crippen LogP contribution < -0.4 is 68.9 Å². The summed E-state index contributed by atoms with van der Waals surface area (Å²) in [6.45, 7) is 17.6. The molecule has 1 spiro atoms. The SMILES string of the molecule is Clc1cc(NC2CCC(Oc3cc(N4CCOCC4)cc4nccnc34)CC2)ncn1.Clc1ccc(NC2CCC(Oc3cc(N4CCOCC4)cc4nccnc34)CC2)nn1.c1cnc(NC2CCC(Oc3cc(N4CCOCC4)cc4nccnc34)CC2)nc1.c1cnc(OC2CCC(Oc3cc(N4CCOCC4)cc4nccnc34)CC2)nc1.c1cnc2c(OC3CCC4(CC3)OCCO4)cc(N3CCOCC3)cc2n1. The van der Waals surface area contributed by atoms with Gasteiger partial charge in [0.05, 0.1) is 137 Å². The predicted octanol–water partition coefficient (Wildman–Crippen LogP) is 16.0. The molecule has 149 heavy (non-hydrogen) atoms. The molecule has 11 fully saturated rings. The zero-order chi connectivity index (χ0) is 101. The summed E-state index contributed by atoms with van der Waals surface area (Å²) >= 11 is 11.8. The maximum absolute atomic E-state index is 6.48. The highest BCUT2D eigenvalue weighted by Gasteiger charge is 2.42. The van der Waals surface area contributed by atoms with E-state index in [4.69, 9.17) is 84.8 Å². The molecule has 0 unspecified atom stereocenters.